The number of carbonyl (C=O) groups excluding carboxylic acids is 1. The second kappa shape index (κ2) is 7.43. The summed E-state index contributed by atoms with van der Waals surface area (Å²) in [5.41, 5.74) is 2.18. The Kier molecular flexibility index (Phi) is 5.59. The molecule has 0 radical (unpaired) electrons. The molecule has 0 saturated heterocycles. The van der Waals surface area contributed by atoms with Crippen LogP contribution in [0.4, 0.5) is 0 Å². The number of phenols is 1. The van der Waals surface area contributed by atoms with Crippen molar-refractivity contribution < 1.29 is 9.90 Å². The molecule has 0 aromatic heterocycles. The zero-order valence-corrected chi connectivity index (χ0v) is 13.6. The molecule has 0 heterocycles. The van der Waals surface area contributed by atoms with E-state index in [2.05, 4.69) is 15.9 Å². The van der Waals surface area contributed by atoms with Gasteiger partial charge in [-0.1, -0.05) is 34.1 Å². The number of aryl methyl sites for hydroxylation is 1. The van der Waals surface area contributed by atoms with E-state index in [9.17, 15) is 9.90 Å². The van der Waals surface area contributed by atoms with Crippen molar-refractivity contribution in [2.24, 2.45) is 0 Å². The van der Waals surface area contributed by atoms with Gasteiger partial charge in [-0.2, -0.15) is 0 Å². The number of aromatic hydroxyl groups is 1. The van der Waals surface area contributed by atoms with Gasteiger partial charge in [0, 0.05) is 15.9 Å². The number of ketones is 1. The van der Waals surface area contributed by atoms with Crippen LogP contribution in [0.1, 0.15) is 21.5 Å². The molecule has 0 fully saturated rings. The van der Waals surface area contributed by atoms with Crippen LogP contribution in [-0.4, -0.2) is 16.8 Å². The number of hydrogen-bond donors (Lipinski definition) is 1. The molecule has 4 heteroatoms. The Balaban J connectivity index is 2.16. The van der Waals surface area contributed by atoms with Gasteiger partial charge in [0.1, 0.15) is 5.75 Å². The Morgan fingerprint density at radius 3 is 2.57 bits per heavy atom. The topological polar surface area (TPSA) is 37.3 Å². The van der Waals surface area contributed by atoms with E-state index in [0.717, 1.165) is 10.0 Å². The van der Waals surface area contributed by atoms with Crippen LogP contribution in [-0.2, 0) is 6.42 Å². The molecule has 0 aliphatic heterocycles. The molecule has 2 nitrogen and oxygen atoms in total. The van der Waals surface area contributed by atoms with Crippen molar-refractivity contribution in [2.45, 2.75) is 6.42 Å². The first kappa shape index (κ1) is 15.8. The fourth-order valence-corrected chi connectivity index (χ4v) is 2.35. The van der Waals surface area contributed by atoms with Crippen molar-refractivity contribution in [3.63, 3.8) is 0 Å². The molecule has 0 saturated carbocycles. The number of hydrogen-bond acceptors (Lipinski definition) is 2. The monoisotopic (exact) mass is 364 g/mol. The van der Waals surface area contributed by atoms with Gasteiger partial charge in [-0.15, -0.1) is 11.6 Å². The predicted molar refractivity (Wildman–Crippen MR) is 90.0 cm³/mol. The average molecular weight is 366 g/mol. The molecular weight excluding hydrogens is 352 g/mol. The van der Waals surface area contributed by atoms with Gasteiger partial charge in [0.25, 0.3) is 0 Å². The molecule has 108 valence electrons. The molecule has 21 heavy (non-hydrogen) atoms. The van der Waals surface area contributed by atoms with E-state index in [4.69, 9.17) is 11.6 Å². The minimum absolute atomic E-state index is 0.103. The summed E-state index contributed by atoms with van der Waals surface area (Å²) >= 11 is 9.05. The molecule has 2 aromatic carbocycles. The normalized spacial score (nSPS) is 11.0. The van der Waals surface area contributed by atoms with Crippen LogP contribution in [0.5, 0.6) is 5.75 Å². The second-order valence-corrected chi connectivity index (χ2v) is 5.83. The van der Waals surface area contributed by atoms with Gasteiger partial charge < -0.3 is 5.11 Å². The Bertz CT molecular complexity index is 663. The molecule has 0 aliphatic carbocycles. The largest absolute Gasteiger partial charge is 0.508 e. The number of halogens is 2. The smallest absolute Gasteiger partial charge is 0.185 e. The zero-order chi connectivity index (χ0) is 15.2. The van der Waals surface area contributed by atoms with E-state index in [1.807, 2.05) is 24.3 Å². The average Bonchev–Trinajstić information content (AvgIpc) is 2.49. The molecule has 0 bridgehead atoms. The van der Waals surface area contributed by atoms with Gasteiger partial charge in [-0.3, -0.25) is 4.79 Å². The van der Waals surface area contributed by atoms with Crippen molar-refractivity contribution >= 4 is 39.4 Å². The van der Waals surface area contributed by atoms with Gasteiger partial charge in [0.15, 0.2) is 5.78 Å². The number of rotatable bonds is 5. The van der Waals surface area contributed by atoms with Crippen LogP contribution >= 0.6 is 27.5 Å². The summed E-state index contributed by atoms with van der Waals surface area (Å²) in [5, 5.41) is 9.69. The van der Waals surface area contributed by atoms with E-state index < -0.39 is 0 Å². The highest BCUT2D eigenvalue weighted by Gasteiger charge is 2.07. The first-order chi connectivity index (χ1) is 10.1. The lowest BCUT2D eigenvalue weighted by molar-refractivity contribution is 0.104. The predicted octanol–water partition coefficient (Wildman–Crippen LogP) is 4.83. The Morgan fingerprint density at radius 1 is 1.19 bits per heavy atom. The summed E-state index contributed by atoms with van der Waals surface area (Å²) in [6.07, 6.45) is 3.83. The SMILES string of the molecule is O=C(C=Cc1ccc(Br)cc1)c1ccc(O)c(CCCl)c1. The van der Waals surface area contributed by atoms with Gasteiger partial charge in [-0.05, 0) is 54.0 Å². The van der Waals surface area contributed by atoms with E-state index >= 15 is 0 Å². The maximum Gasteiger partial charge on any atom is 0.185 e. The van der Waals surface area contributed by atoms with Crippen molar-refractivity contribution in [1.82, 2.24) is 0 Å². The third kappa shape index (κ3) is 4.45. The highest BCUT2D eigenvalue weighted by Crippen LogP contribution is 2.20. The maximum atomic E-state index is 12.1. The molecular formula is C17H14BrClO2. The summed E-state index contributed by atoms with van der Waals surface area (Å²) < 4.78 is 0.996. The standard InChI is InChI=1S/C17H14BrClO2/c18-15-5-1-12(2-6-15)3-7-16(20)13-4-8-17(21)14(11-13)9-10-19/h1-8,11,21H,9-10H2. The molecule has 0 amide bonds. The van der Waals surface area contributed by atoms with Crippen LogP contribution < -0.4 is 0 Å². The molecule has 0 spiro atoms. The number of alkyl halides is 1. The molecule has 2 rings (SSSR count). The molecule has 0 atom stereocenters. The third-order valence-electron chi connectivity index (χ3n) is 3.03. The van der Waals surface area contributed by atoms with E-state index in [0.29, 0.717) is 23.4 Å². The van der Waals surface area contributed by atoms with Crippen molar-refractivity contribution in [3.8, 4) is 5.75 Å². The molecule has 2 aromatic rings. The van der Waals surface area contributed by atoms with Crippen molar-refractivity contribution in [2.75, 3.05) is 5.88 Å². The molecule has 0 aliphatic rings. The van der Waals surface area contributed by atoms with Crippen LogP contribution in [0.3, 0.4) is 0 Å². The van der Waals surface area contributed by atoms with Crippen molar-refractivity contribution in [1.29, 1.82) is 0 Å². The van der Waals surface area contributed by atoms with Crippen LogP contribution in [0.15, 0.2) is 53.0 Å². The Hall–Kier alpha value is -1.58. The Morgan fingerprint density at radius 2 is 1.90 bits per heavy atom. The summed E-state index contributed by atoms with van der Waals surface area (Å²) in [5.74, 6) is 0.470. The van der Waals surface area contributed by atoms with E-state index in [-0.39, 0.29) is 11.5 Å². The van der Waals surface area contributed by atoms with Crippen molar-refractivity contribution in [3.05, 3.63) is 69.7 Å². The lowest BCUT2D eigenvalue weighted by atomic mass is 10.0. The lowest BCUT2D eigenvalue weighted by Gasteiger charge is -2.04. The summed E-state index contributed by atoms with van der Waals surface area (Å²) in [4.78, 5) is 12.1. The first-order valence-electron chi connectivity index (χ1n) is 6.46. The fraction of sp³-hybridized carbons (Fsp3) is 0.118. The van der Waals surface area contributed by atoms with Crippen LogP contribution in [0.2, 0.25) is 0 Å². The number of allylic oxidation sites excluding steroid dienone is 1. The van der Waals surface area contributed by atoms with Crippen LogP contribution in [0, 0.1) is 0 Å². The molecule has 0 unspecified atom stereocenters. The number of carbonyl (C=O) groups is 1. The van der Waals surface area contributed by atoms with Gasteiger partial charge in [0.05, 0.1) is 0 Å². The lowest BCUT2D eigenvalue weighted by Crippen LogP contribution is -1.97. The highest BCUT2D eigenvalue weighted by molar-refractivity contribution is 9.10. The summed E-state index contributed by atoms with van der Waals surface area (Å²) in [6.45, 7) is 0. The summed E-state index contributed by atoms with van der Waals surface area (Å²) in [7, 11) is 0. The van der Waals surface area contributed by atoms with E-state index in [1.165, 1.54) is 12.1 Å². The highest BCUT2D eigenvalue weighted by atomic mass is 79.9. The second-order valence-electron chi connectivity index (χ2n) is 4.53. The summed E-state index contributed by atoms with van der Waals surface area (Å²) in [6, 6.07) is 12.5. The number of benzene rings is 2. The van der Waals surface area contributed by atoms with E-state index in [1.54, 1.807) is 18.2 Å². The zero-order valence-electron chi connectivity index (χ0n) is 11.2. The Labute approximate surface area is 137 Å². The van der Waals surface area contributed by atoms with Gasteiger partial charge in [0.2, 0.25) is 0 Å². The third-order valence-corrected chi connectivity index (χ3v) is 3.74. The quantitative estimate of drug-likeness (QED) is 0.468. The first-order valence-corrected chi connectivity index (χ1v) is 7.79. The fourth-order valence-electron chi connectivity index (χ4n) is 1.88. The minimum atomic E-state index is -0.103. The maximum absolute atomic E-state index is 12.1. The number of phenolic OH excluding ortho intramolecular Hbond substituents is 1. The van der Waals surface area contributed by atoms with Gasteiger partial charge in [-0.25, -0.2) is 0 Å². The van der Waals surface area contributed by atoms with Gasteiger partial charge >= 0.3 is 0 Å². The minimum Gasteiger partial charge on any atom is -0.508 e. The molecule has 1 N–H and O–H groups in total. The van der Waals surface area contributed by atoms with Crippen LogP contribution in [0.25, 0.3) is 6.08 Å².